The van der Waals surface area contributed by atoms with Crippen molar-refractivity contribution in [2.24, 2.45) is 11.8 Å². The van der Waals surface area contributed by atoms with Crippen LogP contribution in [0.15, 0.2) is 96.5 Å². The Morgan fingerprint density at radius 3 is 1.98 bits per heavy atom. The Hall–Kier alpha value is -7.43. The number of β-amino-alcohol motifs (C(OH)–C–C–N with tert-alkyl or cyclic N) is 1. The number of hydrogen-bond donors (Lipinski definition) is 5. The molecule has 101 heavy (non-hydrogen) atoms. The molecule has 10 rings (SSSR count). The van der Waals surface area contributed by atoms with Gasteiger partial charge in [0.25, 0.3) is 5.91 Å². The quantitative estimate of drug-likeness (QED) is 0.0230. The van der Waals surface area contributed by atoms with Crippen molar-refractivity contribution < 1.29 is 57.6 Å². The molecule has 3 aliphatic heterocycles. The van der Waals surface area contributed by atoms with Gasteiger partial charge in [-0.2, -0.15) is 0 Å². The van der Waals surface area contributed by atoms with Crippen molar-refractivity contribution in [1.29, 1.82) is 0 Å². The molecule has 2 aliphatic carbocycles. The van der Waals surface area contributed by atoms with Crippen LogP contribution in [0.5, 0.6) is 17.2 Å². The SMILES string of the molecule is CN[C@@H](C)C(=O)N[C@H](C(=O)N1C[C@@H](Oc2cccc(OCCCCCCOCCCCCCOCCCCCCOc3cc(-c4scnc4C)ccc3CNC(=O)[C@@H]3C[C@@H](O)CN3C(=O)[C@H](C(C)C)N3Cc4ccccc4C3=O)c2)C[C@H]1C(=O)N[C@@H]1CCCc2ccccc21)C1CCCCC1. The number of nitrogens with one attached hydrogen (secondary N) is 4. The Balaban J connectivity index is 0.567. The van der Waals surface area contributed by atoms with Crippen LogP contribution in [0.25, 0.3) is 10.4 Å². The topological polar surface area (TPSA) is 240 Å². The summed E-state index contributed by atoms with van der Waals surface area (Å²) < 4.78 is 31.2. The largest absolute Gasteiger partial charge is 0.493 e. The minimum absolute atomic E-state index is 0.0104. The van der Waals surface area contributed by atoms with Crippen molar-refractivity contribution in [3.8, 4) is 27.7 Å². The van der Waals surface area contributed by atoms with E-state index in [9.17, 15) is 33.9 Å². The maximum absolute atomic E-state index is 14.8. The standard InChI is InChI=1S/C80H110N8O12S/c1-54(2)73(88-50-61-30-16-18-35-67(61)78(88)93)80(95)86-51-62(89)46-69(86)76(91)82-49-60-38-37-59(74-55(3)83-53-101-74)45-71(60)99-44-24-11-9-22-42-97-40-20-7-6-19-39-96-41-21-8-10-23-43-98-63-32-26-33-64(47-63)100-65-48-70(77(92)84-68-36-25-31-57-27-15-17-34-66(57)68)87(52-65)79(94)72(58-28-13-12-14-29-58)85-75(90)56(4)81-5/h15-18,26-27,30,32-35,37-38,45,47,53-54,56,58,62,65,68-70,72-73,81,89H,6-14,19-25,28-29,31,36,39-44,46,48-52H2,1-5H3,(H,82,91)(H,84,92)(H,85,90)/t56-,62+,65-,68+,69-,70-,72-,73-/m0/s1. The van der Waals surface area contributed by atoms with Crippen LogP contribution < -0.4 is 35.5 Å². The van der Waals surface area contributed by atoms with E-state index in [4.69, 9.17) is 23.7 Å². The number of carbonyl (C=O) groups excluding carboxylic acids is 6. The predicted octanol–water partition coefficient (Wildman–Crippen LogP) is 11.8. The highest BCUT2D eigenvalue weighted by Gasteiger charge is 2.48. The molecule has 2 saturated heterocycles. The van der Waals surface area contributed by atoms with Gasteiger partial charge in [-0.25, -0.2) is 4.98 Å². The molecule has 5 N–H and O–H groups in total. The molecule has 0 bridgehead atoms. The van der Waals surface area contributed by atoms with E-state index < -0.39 is 42.4 Å². The van der Waals surface area contributed by atoms with E-state index in [1.54, 1.807) is 41.2 Å². The van der Waals surface area contributed by atoms with Gasteiger partial charge in [-0.15, -0.1) is 11.3 Å². The van der Waals surface area contributed by atoms with Crippen molar-refractivity contribution in [2.45, 2.75) is 231 Å². The van der Waals surface area contributed by atoms with E-state index in [0.29, 0.717) is 49.0 Å². The molecule has 548 valence electrons. The molecule has 5 aromatic rings. The second-order valence-corrected chi connectivity index (χ2v) is 29.5. The van der Waals surface area contributed by atoms with Crippen LogP contribution in [0, 0.1) is 18.8 Å². The van der Waals surface area contributed by atoms with E-state index in [2.05, 4.69) is 38.4 Å². The van der Waals surface area contributed by atoms with Gasteiger partial charge in [0, 0.05) is 76.1 Å². The first kappa shape index (κ1) is 76.2. The Bertz CT molecular complexity index is 3510. The zero-order valence-corrected chi connectivity index (χ0v) is 61.1. The van der Waals surface area contributed by atoms with Crippen LogP contribution in [0.2, 0.25) is 0 Å². The normalized spacial score (nSPS) is 19.9. The second kappa shape index (κ2) is 38.7. The summed E-state index contributed by atoms with van der Waals surface area (Å²) in [5.41, 5.74) is 8.39. The number of thiazole rings is 1. The number of carbonyl (C=O) groups is 6. The second-order valence-electron chi connectivity index (χ2n) is 28.7. The van der Waals surface area contributed by atoms with E-state index >= 15 is 0 Å². The van der Waals surface area contributed by atoms with Gasteiger partial charge >= 0.3 is 0 Å². The lowest BCUT2D eigenvalue weighted by molar-refractivity contribution is -0.143. The highest BCUT2D eigenvalue weighted by Crippen LogP contribution is 2.37. The molecular weight excluding hydrogens is 1300 g/mol. The number of ether oxygens (including phenoxy) is 5. The molecule has 0 unspecified atom stereocenters. The van der Waals surface area contributed by atoms with E-state index in [-0.39, 0.29) is 79.4 Å². The van der Waals surface area contributed by atoms with Gasteiger partial charge in [0.2, 0.25) is 29.5 Å². The van der Waals surface area contributed by atoms with Crippen LogP contribution in [0.3, 0.4) is 0 Å². The molecule has 1 aromatic heterocycles. The first-order chi connectivity index (χ1) is 49.1. The number of aromatic nitrogens is 1. The summed E-state index contributed by atoms with van der Waals surface area (Å²) in [7, 11) is 1.73. The van der Waals surface area contributed by atoms with E-state index in [0.717, 1.165) is 188 Å². The number of aryl methyl sites for hydroxylation is 2. The number of rotatable bonds is 39. The van der Waals surface area contributed by atoms with Crippen molar-refractivity contribution in [3.05, 3.63) is 130 Å². The van der Waals surface area contributed by atoms with Crippen LogP contribution in [0.4, 0.5) is 0 Å². The number of fused-ring (bicyclic) bond motifs is 2. The molecule has 20 nitrogen and oxygen atoms in total. The number of aliphatic hydroxyl groups is 1. The van der Waals surface area contributed by atoms with Crippen molar-refractivity contribution >= 4 is 46.8 Å². The average Bonchev–Trinajstić information content (AvgIpc) is 1.64. The Morgan fingerprint density at radius 2 is 1.31 bits per heavy atom. The van der Waals surface area contributed by atoms with Gasteiger partial charge in [-0.1, -0.05) is 119 Å². The number of aliphatic hydroxyl groups excluding tert-OH is 1. The smallest absolute Gasteiger partial charge is 0.255 e. The first-order valence-corrected chi connectivity index (χ1v) is 38.6. The fraction of sp³-hybridized carbons (Fsp3) is 0.588. The lowest BCUT2D eigenvalue weighted by atomic mass is 9.83. The number of benzene rings is 4. The molecule has 5 aliphatic rings. The molecule has 0 spiro atoms. The molecule has 1 saturated carbocycles. The van der Waals surface area contributed by atoms with Crippen LogP contribution in [-0.4, -0.2) is 162 Å². The summed E-state index contributed by atoms with van der Waals surface area (Å²) in [4.78, 5) is 94.7. The van der Waals surface area contributed by atoms with Gasteiger partial charge in [-0.3, -0.25) is 28.8 Å². The average molecular weight is 1410 g/mol. The summed E-state index contributed by atoms with van der Waals surface area (Å²) in [5, 5.41) is 23.3. The highest BCUT2D eigenvalue weighted by atomic mass is 32.1. The third-order valence-electron chi connectivity index (χ3n) is 20.8. The number of likely N-dealkylation sites (N-methyl/N-ethyl adjacent to an activating group) is 1. The van der Waals surface area contributed by atoms with Crippen molar-refractivity contribution in [3.63, 3.8) is 0 Å². The molecule has 4 aromatic carbocycles. The first-order valence-electron chi connectivity index (χ1n) is 37.7. The monoisotopic (exact) mass is 1410 g/mol. The Kier molecular flexibility index (Phi) is 29.2. The minimum atomic E-state index is -0.887. The van der Waals surface area contributed by atoms with Gasteiger partial charge < -0.3 is 64.8 Å². The van der Waals surface area contributed by atoms with Crippen molar-refractivity contribution in [2.75, 3.05) is 59.8 Å². The number of hydrogen-bond acceptors (Lipinski definition) is 15. The summed E-state index contributed by atoms with van der Waals surface area (Å²) in [6.45, 7) is 12.4. The summed E-state index contributed by atoms with van der Waals surface area (Å²) >= 11 is 1.57. The Labute approximate surface area is 602 Å². The number of nitrogens with zero attached hydrogens (tertiary/aromatic N) is 4. The molecule has 8 atom stereocenters. The molecule has 21 heteroatoms. The summed E-state index contributed by atoms with van der Waals surface area (Å²) in [6, 6.07) is 25.5. The molecule has 6 amide bonds. The molecule has 3 fully saturated rings. The van der Waals surface area contributed by atoms with Crippen LogP contribution in [-0.2, 0) is 53.0 Å². The maximum atomic E-state index is 14.8. The molecule has 4 heterocycles. The van der Waals surface area contributed by atoms with E-state index in [1.165, 1.54) is 10.5 Å². The number of likely N-dealkylation sites (tertiary alicyclic amines) is 2. The fourth-order valence-corrected chi connectivity index (χ4v) is 15.9. The summed E-state index contributed by atoms with van der Waals surface area (Å²) in [6.07, 6.45) is 18.9. The molecular formula is C80H110N8O12S. The zero-order chi connectivity index (χ0) is 71.0. The van der Waals surface area contributed by atoms with Gasteiger partial charge in [0.15, 0.2) is 0 Å². The Morgan fingerprint density at radius 1 is 0.663 bits per heavy atom. The number of unbranched alkanes of at least 4 members (excludes halogenated alkanes) is 9. The lowest BCUT2D eigenvalue weighted by Gasteiger charge is -2.35. The summed E-state index contributed by atoms with van der Waals surface area (Å²) in [5.74, 6) is 0.235. The zero-order valence-electron chi connectivity index (χ0n) is 60.3. The van der Waals surface area contributed by atoms with E-state index in [1.807, 2.05) is 99.1 Å². The molecule has 0 radical (unpaired) electrons. The third-order valence-corrected chi connectivity index (χ3v) is 21.8. The number of amides is 6. The van der Waals surface area contributed by atoms with Gasteiger partial charge in [-0.05, 0) is 163 Å². The minimum Gasteiger partial charge on any atom is -0.493 e. The van der Waals surface area contributed by atoms with Gasteiger partial charge in [0.1, 0.15) is 47.5 Å². The highest BCUT2D eigenvalue weighted by molar-refractivity contribution is 7.13. The van der Waals surface area contributed by atoms with Crippen LogP contribution >= 0.6 is 11.3 Å². The third kappa shape index (κ3) is 21.1. The fourth-order valence-electron chi connectivity index (χ4n) is 15.1. The maximum Gasteiger partial charge on any atom is 0.255 e. The van der Waals surface area contributed by atoms with Crippen molar-refractivity contribution in [1.82, 2.24) is 41.0 Å². The lowest BCUT2D eigenvalue weighted by Crippen LogP contribution is -2.58. The van der Waals surface area contributed by atoms with Gasteiger partial charge in [0.05, 0.1) is 54.0 Å². The predicted molar refractivity (Wildman–Crippen MR) is 391 cm³/mol. The van der Waals surface area contributed by atoms with Crippen LogP contribution in [0.1, 0.15) is 200 Å².